The van der Waals surface area contributed by atoms with E-state index in [1.807, 2.05) is 0 Å². The Balaban J connectivity index is 2.05. The molecule has 3 atom stereocenters. The van der Waals surface area contributed by atoms with Crippen LogP contribution in [0.15, 0.2) is 0 Å². The van der Waals surface area contributed by atoms with Crippen molar-refractivity contribution in [3.05, 3.63) is 0 Å². The van der Waals surface area contributed by atoms with Gasteiger partial charge in [-0.3, -0.25) is 4.90 Å². The van der Waals surface area contributed by atoms with Gasteiger partial charge in [-0.2, -0.15) is 0 Å². The average Bonchev–Trinajstić information content (AvgIpc) is 2.46. The highest BCUT2D eigenvalue weighted by Crippen LogP contribution is 2.36. The molecule has 0 bridgehead atoms. The van der Waals surface area contributed by atoms with E-state index in [1.165, 1.54) is 6.26 Å². The zero-order valence-corrected chi connectivity index (χ0v) is 14.2. The van der Waals surface area contributed by atoms with Crippen molar-refractivity contribution in [3.63, 3.8) is 0 Å². The van der Waals surface area contributed by atoms with Crippen LogP contribution in [-0.4, -0.2) is 67.9 Å². The number of rotatable bonds is 4. The lowest BCUT2D eigenvalue weighted by Crippen LogP contribution is -2.58. The third kappa shape index (κ3) is 3.97. The van der Waals surface area contributed by atoms with E-state index in [1.54, 1.807) is 0 Å². The molecule has 1 saturated carbocycles. The second-order valence-corrected chi connectivity index (χ2v) is 9.40. The molecule has 0 radical (unpaired) electrons. The Morgan fingerprint density at radius 3 is 2.43 bits per heavy atom. The molecule has 0 aromatic heterocycles. The molecule has 1 aliphatic heterocycles. The fraction of sp³-hybridized carbons (Fsp3) is 1.00. The summed E-state index contributed by atoms with van der Waals surface area (Å²) in [5.74, 6) is 0.0660. The van der Waals surface area contributed by atoms with Crippen LogP contribution < -0.4 is 0 Å². The first-order chi connectivity index (χ1) is 9.73. The Bertz CT molecular complexity index is 443. The van der Waals surface area contributed by atoms with Gasteiger partial charge in [-0.15, -0.1) is 0 Å². The zero-order chi connectivity index (χ0) is 15.7. The molecule has 3 unspecified atom stereocenters. The molecule has 6 heteroatoms. The van der Waals surface area contributed by atoms with Crippen LogP contribution in [0.1, 0.15) is 39.5 Å². The monoisotopic (exact) mass is 319 g/mol. The maximum absolute atomic E-state index is 11.8. The highest BCUT2D eigenvalue weighted by atomic mass is 32.2. The molecular formula is C15H29NO4S. The summed E-state index contributed by atoms with van der Waals surface area (Å²) >= 11 is 0. The third-order valence-corrected chi connectivity index (χ3v) is 6.91. The van der Waals surface area contributed by atoms with Crippen molar-refractivity contribution in [1.29, 1.82) is 0 Å². The van der Waals surface area contributed by atoms with E-state index in [0.717, 1.165) is 32.4 Å². The lowest BCUT2D eigenvalue weighted by atomic mass is 9.77. The SMILES string of the molecule is CC(C)(C(O)C1CCCC(S(C)(=O)=O)C1)N1CCOCC1. The normalized spacial score (nSPS) is 31.0. The summed E-state index contributed by atoms with van der Waals surface area (Å²) in [5.41, 5.74) is -0.339. The van der Waals surface area contributed by atoms with Crippen LogP contribution in [-0.2, 0) is 14.6 Å². The third-order valence-electron chi connectivity index (χ3n) is 5.27. The van der Waals surface area contributed by atoms with Crippen molar-refractivity contribution in [2.75, 3.05) is 32.6 Å². The van der Waals surface area contributed by atoms with E-state index in [2.05, 4.69) is 18.7 Å². The number of nitrogens with zero attached hydrogens (tertiary/aromatic N) is 1. The molecule has 21 heavy (non-hydrogen) atoms. The zero-order valence-electron chi connectivity index (χ0n) is 13.4. The summed E-state index contributed by atoms with van der Waals surface area (Å²) < 4.78 is 29.0. The van der Waals surface area contributed by atoms with Crippen LogP contribution in [0.3, 0.4) is 0 Å². The molecule has 0 spiro atoms. The summed E-state index contributed by atoms with van der Waals surface area (Å²) in [6.07, 6.45) is 3.95. The Morgan fingerprint density at radius 1 is 1.24 bits per heavy atom. The molecule has 1 aliphatic carbocycles. The molecule has 0 aromatic rings. The lowest BCUT2D eigenvalue weighted by molar-refractivity contribution is -0.0847. The van der Waals surface area contributed by atoms with Gasteiger partial charge in [0.05, 0.1) is 24.6 Å². The van der Waals surface area contributed by atoms with Gasteiger partial charge in [-0.1, -0.05) is 6.42 Å². The molecule has 2 aliphatic rings. The van der Waals surface area contributed by atoms with Crippen LogP contribution in [0.2, 0.25) is 0 Å². The van der Waals surface area contributed by atoms with Crippen LogP contribution >= 0.6 is 0 Å². The van der Waals surface area contributed by atoms with Gasteiger partial charge >= 0.3 is 0 Å². The Labute approximate surface area is 128 Å². The van der Waals surface area contributed by atoms with E-state index < -0.39 is 15.9 Å². The van der Waals surface area contributed by atoms with Gasteiger partial charge in [0.2, 0.25) is 0 Å². The molecule has 1 saturated heterocycles. The van der Waals surface area contributed by atoms with Crippen molar-refractivity contribution < 1.29 is 18.3 Å². The summed E-state index contributed by atoms with van der Waals surface area (Å²) in [6, 6.07) is 0. The second kappa shape index (κ2) is 6.52. The molecule has 1 N–H and O–H groups in total. The molecule has 5 nitrogen and oxygen atoms in total. The maximum atomic E-state index is 11.8. The largest absolute Gasteiger partial charge is 0.391 e. The number of ether oxygens (including phenoxy) is 1. The van der Waals surface area contributed by atoms with Gasteiger partial charge in [-0.05, 0) is 39.0 Å². The standard InChI is InChI=1S/C15H29NO4S/c1-15(2,16-7-9-20-10-8-16)14(17)12-5-4-6-13(11-12)21(3,18)19/h12-14,17H,4-11H2,1-3H3. The Hall–Kier alpha value is -0.170. The first-order valence-corrected chi connectivity index (χ1v) is 9.88. The topological polar surface area (TPSA) is 66.8 Å². The molecule has 0 aromatic carbocycles. The van der Waals surface area contributed by atoms with Gasteiger partial charge in [0.15, 0.2) is 0 Å². The first kappa shape index (κ1) is 17.2. The minimum atomic E-state index is -3.01. The second-order valence-electron chi connectivity index (χ2n) is 7.08. The van der Waals surface area contributed by atoms with Crippen LogP contribution in [0, 0.1) is 5.92 Å². The average molecular weight is 319 g/mol. The van der Waals surface area contributed by atoms with Gasteiger partial charge in [0.25, 0.3) is 0 Å². The Kier molecular flexibility index (Phi) is 5.34. The summed E-state index contributed by atoms with van der Waals surface area (Å²) in [5, 5.41) is 10.6. The quantitative estimate of drug-likeness (QED) is 0.839. The molecule has 0 amide bonds. The van der Waals surface area contributed by atoms with Crippen LogP contribution in [0.25, 0.3) is 0 Å². The highest BCUT2D eigenvalue weighted by Gasteiger charge is 2.42. The number of morpholine rings is 1. The molecule has 1 heterocycles. The van der Waals surface area contributed by atoms with Crippen molar-refractivity contribution in [3.8, 4) is 0 Å². The fourth-order valence-electron chi connectivity index (χ4n) is 3.76. The molecule has 124 valence electrons. The minimum Gasteiger partial charge on any atom is -0.391 e. The number of hydrogen-bond acceptors (Lipinski definition) is 5. The predicted octanol–water partition coefficient (Wildman–Crippen LogP) is 1.06. The Morgan fingerprint density at radius 2 is 1.86 bits per heavy atom. The van der Waals surface area contributed by atoms with E-state index in [9.17, 15) is 13.5 Å². The summed E-state index contributed by atoms with van der Waals surface area (Å²) in [7, 11) is -3.01. The van der Waals surface area contributed by atoms with Gasteiger partial charge in [-0.25, -0.2) is 8.42 Å². The van der Waals surface area contributed by atoms with Crippen molar-refractivity contribution in [1.82, 2.24) is 4.90 Å². The van der Waals surface area contributed by atoms with E-state index in [0.29, 0.717) is 19.6 Å². The van der Waals surface area contributed by atoms with Crippen molar-refractivity contribution in [2.45, 2.75) is 56.4 Å². The molecule has 2 rings (SSSR count). The number of aliphatic hydroxyl groups excluding tert-OH is 1. The smallest absolute Gasteiger partial charge is 0.150 e. The van der Waals surface area contributed by atoms with Crippen LogP contribution in [0.4, 0.5) is 0 Å². The number of hydrogen-bond donors (Lipinski definition) is 1. The number of aliphatic hydroxyl groups is 1. The minimum absolute atomic E-state index is 0.0660. The van der Waals surface area contributed by atoms with Gasteiger partial charge in [0, 0.05) is 24.9 Å². The summed E-state index contributed by atoms with van der Waals surface area (Å²) in [6.45, 7) is 7.18. The van der Waals surface area contributed by atoms with Gasteiger partial charge < -0.3 is 9.84 Å². The van der Waals surface area contributed by atoms with Crippen LogP contribution in [0.5, 0.6) is 0 Å². The van der Waals surface area contributed by atoms with E-state index in [-0.39, 0.29) is 16.7 Å². The predicted molar refractivity (Wildman–Crippen MR) is 83.1 cm³/mol. The first-order valence-electron chi connectivity index (χ1n) is 7.92. The van der Waals surface area contributed by atoms with Crippen molar-refractivity contribution in [2.24, 2.45) is 5.92 Å². The highest BCUT2D eigenvalue weighted by molar-refractivity contribution is 7.91. The van der Waals surface area contributed by atoms with E-state index in [4.69, 9.17) is 4.74 Å². The van der Waals surface area contributed by atoms with E-state index >= 15 is 0 Å². The number of sulfone groups is 1. The lowest BCUT2D eigenvalue weighted by Gasteiger charge is -2.47. The maximum Gasteiger partial charge on any atom is 0.150 e. The molecule has 2 fully saturated rings. The molecular weight excluding hydrogens is 290 g/mol. The van der Waals surface area contributed by atoms with Crippen molar-refractivity contribution >= 4 is 9.84 Å². The summed E-state index contributed by atoms with van der Waals surface area (Å²) in [4.78, 5) is 2.27. The van der Waals surface area contributed by atoms with Gasteiger partial charge in [0.1, 0.15) is 9.84 Å². The fourth-order valence-corrected chi connectivity index (χ4v) is 4.95.